The number of rotatable bonds is 6. The van der Waals surface area contributed by atoms with Gasteiger partial charge in [-0.05, 0) is 38.0 Å². The largest absolute Gasteiger partial charge is 0.451 e. The molecule has 0 spiro atoms. The maximum Gasteiger partial charge on any atom is 0.338 e. The lowest BCUT2D eigenvalue weighted by molar-refractivity contribution is -0.128. The quantitative estimate of drug-likeness (QED) is 0.580. The van der Waals surface area contributed by atoms with E-state index in [-0.39, 0.29) is 11.7 Å². The molecule has 1 fully saturated rings. The maximum atomic E-state index is 12.4. The number of Topliss-reactive ketones (excluding diaryl/α,β-unsaturated/α-hetero) is 1. The fraction of sp³-hybridized carbons (Fsp3) is 0.318. The molecule has 1 atom stereocenters. The van der Waals surface area contributed by atoms with E-state index < -0.39 is 12.1 Å². The van der Waals surface area contributed by atoms with Crippen molar-refractivity contribution in [3.63, 3.8) is 0 Å². The highest BCUT2D eigenvalue weighted by atomic mass is 16.5. The first-order valence-electron chi connectivity index (χ1n) is 9.12. The van der Waals surface area contributed by atoms with Crippen molar-refractivity contribution in [2.75, 3.05) is 6.54 Å². The molecule has 1 amide bonds. The Morgan fingerprint density at radius 2 is 1.67 bits per heavy atom. The Balaban J connectivity index is 1.59. The minimum absolute atomic E-state index is 0.168. The Kier molecular flexibility index (Phi) is 5.69. The third-order valence-corrected chi connectivity index (χ3v) is 4.72. The number of esters is 1. The number of hydrogen-bond donors (Lipinski definition) is 0. The first kappa shape index (κ1) is 18.8. The monoisotopic (exact) mass is 365 g/mol. The maximum absolute atomic E-state index is 12.4. The molecule has 0 aromatic heterocycles. The summed E-state index contributed by atoms with van der Waals surface area (Å²) in [5.41, 5.74) is 2.93. The zero-order valence-electron chi connectivity index (χ0n) is 15.6. The van der Waals surface area contributed by atoms with Gasteiger partial charge < -0.3 is 9.64 Å². The summed E-state index contributed by atoms with van der Waals surface area (Å²) in [6, 6.07) is 14.1. The molecular formula is C22H23NO4. The van der Waals surface area contributed by atoms with Crippen LogP contribution in [0.15, 0.2) is 48.5 Å². The Bertz CT molecular complexity index is 840. The summed E-state index contributed by atoms with van der Waals surface area (Å²) in [6.45, 7) is 4.85. The number of carbonyl (C=O) groups excluding carboxylic acids is 3. The molecule has 0 radical (unpaired) electrons. The fourth-order valence-electron chi connectivity index (χ4n) is 3.07. The number of aryl methyl sites for hydroxylation is 1. The minimum Gasteiger partial charge on any atom is -0.451 e. The zero-order chi connectivity index (χ0) is 19.4. The smallest absolute Gasteiger partial charge is 0.338 e. The van der Waals surface area contributed by atoms with Gasteiger partial charge in [-0.25, -0.2) is 4.79 Å². The molecule has 0 unspecified atom stereocenters. The lowest BCUT2D eigenvalue weighted by Crippen LogP contribution is -2.25. The SMILES string of the molecule is Cc1ccc(C(=O)[C@@H](C)OC(=O)c2ccc(CN3CCCC3=O)cc2)cc1. The van der Waals surface area contributed by atoms with Gasteiger partial charge in [0.2, 0.25) is 11.7 Å². The Morgan fingerprint density at radius 3 is 2.26 bits per heavy atom. The van der Waals surface area contributed by atoms with Gasteiger partial charge in [-0.2, -0.15) is 0 Å². The van der Waals surface area contributed by atoms with Crippen LogP contribution in [0.5, 0.6) is 0 Å². The van der Waals surface area contributed by atoms with E-state index in [0.29, 0.717) is 24.1 Å². The molecule has 1 aliphatic rings. The number of benzene rings is 2. The number of amides is 1. The second-order valence-electron chi connectivity index (χ2n) is 6.89. The van der Waals surface area contributed by atoms with Gasteiger partial charge in [0.1, 0.15) is 0 Å². The Labute approximate surface area is 158 Å². The van der Waals surface area contributed by atoms with Crippen molar-refractivity contribution in [2.24, 2.45) is 0 Å². The lowest BCUT2D eigenvalue weighted by Gasteiger charge is -2.16. The summed E-state index contributed by atoms with van der Waals surface area (Å²) < 4.78 is 5.32. The zero-order valence-corrected chi connectivity index (χ0v) is 15.6. The lowest BCUT2D eigenvalue weighted by atomic mass is 10.1. The fourth-order valence-corrected chi connectivity index (χ4v) is 3.07. The predicted molar refractivity (Wildman–Crippen MR) is 101 cm³/mol. The summed E-state index contributed by atoms with van der Waals surface area (Å²) in [6.07, 6.45) is 0.648. The van der Waals surface area contributed by atoms with Crippen LogP contribution in [0.3, 0.4) is 0 Å². The summed E-state index contributed by atoms with van der Waals surface area (Å²) in [5, 5.41) is 0. The predicted octanol–water partition coefficient (Wildman–Crippen LogP) is 3.55. The summed E-state index contributed by atoms with van der Waals surface area (Å²) in [4.78, 5) is 38.2. The van der Waals surface area contributed by atoms with Crippen LogP contribution in [0.2, 0.25) is 0 Å². The first-order chi connectivity index (χ1) is 12.9. The van der Waals surface area contributed by atoms with Gasteiger partial charge in [0.05, 0.1) is 5.56 Å². The molecular weight excluding hydrogens is 342 g/mol. The number of ketones is 1. The Morgan fingerprint density at radius 1 is 1.04 bits per heavy atom. The number of ether oxygens (including phenoxy) is 1. The molecule has 1 saturated heterocycles. The number of nitrogens with zero attached hydrogens (tertiary/aromatic N) is 1. The van der Waals surface area contributed by atoms with Crippen LogP contribution in [0, 0.1) is 6.92 Å². The van der Waals surface area contributed by atoms with Gasteiger partial charge >= 0.3 is 5.97 Å². The molecule has 0 aliphatic carbocycles. The standard InChI is InChI=1S/C22H23NO4/c1-15-5-9-18(10-6-15)21(25)16(2)27-22(26)19-11-7-17(8-12-19)14-23-13-3-4-20(23)24/h5-12,16H,3-4,13-14H2,1-2H3/t16-/m1/s1. The van der Waals surface area contributed by atoms with Gasteiger partial charge in [0, 0.05) is 25.1 Å². The average Bonchev–Trinajstić information content (AvgIpc) is 3.07. The second-order valence-corrected chi connectivity index (χ2v) is 6.89. The van der Waals surface area contributed by atoms with Gasteiger partial charge in [0.25, 0.3) is 0 Å². The van der Waals surface area contributed by atoms with Crippen LogP contribution >= 0.6 is 0 Å². The van der Waals surface area contributed by atoms with Gasteiger partial charge in [-0.1, -0.05) is 42.0 Å². The highest BCUT2D eigenvalue weighted by Crippen LogP contribution is 2.16. The third-order valence-electron chi connectivity index (χ3n) is 4.72. The number of likely N-dealkylation sites (tertiary alicyclic amines) is 1. The van der Waals surface area contributed by atoms with E-state index in [1.165, 1.54) is 0 Å². The highest BCUT2D eigenvalue weighted by Gasteiger charge is 2.22. The molecule has 2 aromatic rings. The van der Waals surface area contributed by atoms with Crippen molar-refractivity contribution >= 4 is 17.7 Å². The van der Waals surface area contributed by atoms with Crippen molar-refractivity contribution in [3.05, 3.63) is 70.8 Å². The van der Waals surface area contributed by atoms with Crippen LogP contribution in [-0.2, 0) is 16.1 Å². The minimum atomic E-state index is -0.859. The van der Waals surface area contributed by atoms with Crippen LogP contribution in [-0.4, -0.2) is 35.2 Å². The molecule has 140 valence electrons. The first-order valence-corrected chi connectivity index (χ1v) is 9.12. The summed E-state index contributed by atoms with van der Waals surface area (Å²) in [7, 11) is 0. The van der Waals surface area contributed by atoms with Crippen LogP contribution in [0.4, 0.5) is 0 Å². The highest BCUT2D eigenvalue weighted by molar-refractivity contribution is 6.01. The topological polar surface area (TPSA) is 63.7 Å². The van der Waals surface area contributed by atoms with Gasteiger partial charge in [0.15, 0.2) is 6.10 Å². The van der Waals surface area contributed by atoms with Crippen molar-refractivity contribution in [1.29, 1.82) is 0 Å². The van der Waals surface area contributed by atoms with E-state index in [2.05, 4.69) is 0 Å². The van der Waals surface area contributed by atoms with E-state index in [1.54, 1.807) is 31.2 Å². The number of carbonyl (C=O) groups is 3. The molecule has 5 nitrogen and oxygen atoms in total. The molecule has 2 aromatic carbocycles. The van der Waals surface area contributed by atoms with Crippen LogP contribution in [0.25, 0.3) is 0 Å². The third kappa shape index (κ3) is 4.61. The summed E-state index contributed by atoms with van der Waals surface area (Å²) >= 11 is 0. The molecule has 27 heavy (non-hydrogen) atoms. The van der Waals surface area contributed by atoms with Crippen molar-refractivity contribution in [2.45, 2.75) is 39.3 Å². The second kappa shape index (κ2) is 8.16. The molecule has 0 N–H and O–H groups in total. The van der Waals surface area contributed by atoms with E-state index in [9.17, 15) is 14.4 Å². The van der Waals surface area contributed by atoms with Gasteiger partial charge in [-0.15, -0.1) is 0 Å². The van der Waals surface area contributed by atoms with Crippen LogP contribution < -0.4 is 0 Å². The summed E-state index contributed by atoms with van der Waals surface area (Å²) in [5.74, 6) is -0.596. The van der Waals surface area contributed by atoms with Gasteiger partial charge in [-0.3, -0.25) is 9.59 Å². The molecule has 3 rings (SSSR count). The Hall–Kier alpha value is -2.95. The molecule has 1 aliphatic heterocycles. The normalized spacial score (nSPS) is 14.9. The van der Waals surface area contributed by atoms with E-state index >= 15 is 0 Å². The van der Waals surface area contributed by atoms with Crippen molar-refractivity contribution in [1.82, 2.24) is 4.90 Å². The molecule has 0 bridgehead atoms. The number of hydrogen-bond acceptors (Lipinski definition) is 4. The van der Waals surface area contributed by atoms with Crippen molar-refractivity contribution < 1.29 is 19.1 Å². The average molecular weight is 365 g/mol. The van der Waals surface area contributed by atoms with E-state index in [4.69, 9.17) is 4.74 Å². The van der Waals surface area contributed by atoms with Crippen LogP contribution in [0.1, 0.15) is 51.6 Å². The van der Waals surface area contributed by atoms with E-state index in [0.717, 1.165) is 24.1 Å². The van der Waals surface area contributed by atoms with Crippen molar-refractivity contribution in [3.8, 4) is 0 Å². The molecule has 5 heteroatoms. The molecule has 0 saturated carbocycles. The van der Waals surface area contributed by atoms with E-state index in [1.807, 2.05) is 36.1 Å². The molecule has 1 heterocycles.